The molecule has 1 aliphatic heterocycles. The molecule has 1 N–H and O–H groups in total. The molecule has 1 aliphatic rings. The number of aromatic nitrogens is 1. The Morgan fingerprint density at radius 2 is 1.82 bits per heavy atom. The van der Waals surface area contributed by atoms with E-state index in [4.69, 9.17) is 9.15 Å². The Balaban J connectivity index is 1.67. The molecule has 0 saturated carbocycles. The van der Waals surface area contributed by atoms with Gasteiger partial charge in [0.2, 0.25) is 5.78 Å². The van der Waals surface area contributed by atoms with E-state index < -0.39 is 23.5 Å². The zero-order chi connectivity index (χ0) is 28.2. The van der Waals surface area contributed by atoms with Crippen molar-refractivity contribution in [1.29, 1.82) is 0 Å². The quantitative estimate of drug-likeness (QED) is 0.276. The number of aliphatic hydroxyl groups excluding tert-OH is 1. The smallest absolute Gasteiger partial charge is 0.296 e. The summed E-state index contributed by atoms with van der Waals surface area (Å²) in [6.07, 6.45) is 0. The van der Waals surface area contributed by atoms with E-state index in [1.165, 1.54) is 18.9 Å². The molecule has 1 amide bonds. The van der Waals surface area contributed by atoms with Gasteiger partial charge in [0, 0.05) is 12.3 Å². The molecule has 200 valence electrons. The van der Waals surface area contributed by atoms with Crippen molar-refractivity contribution in [1.82, 2.24) is 4.98 Å². The van der Waals surface area contributed by atoms with E-state index in [9.17, 15) is 19.5 Å². The lowest BCUT2D eigenvalue weighted by Gasteiger charge is -2.25. The van der Waals surface area contributed by atoms with Crippen LogP contribution in [0.15, 0.2) is 64.3 Å². The third-order valence-corrected chi connectivity index (χ3v) is 8.07. The average molecular weight is 545 g/mol. The van der Waals surface area contributed by atoms with Gasteiger partial charge in [-0.1, -0.05) is 68.5 Å². The Labute approximate surface area is 229 Å². The number of carbonyl (C=O) groups is 3. The van der Waals surface area contributed by atoms with Crippen LogP contribution in [0.25, 0.3) is 11.0 Å². The van der Waals surface area contributed by atoms with Gasteiger partial charge in [-0.15, -0.1) is 0 Å². The highest BCUT2D eigenvalue weighted by Gasteiger charge is 2.47. The van der Waals surface area contributed by atoms with Gasteiger partial charge in [0.1, 0.15) is 0 Å². The highest BCUT2D eigenvalue weighted by atomic mass is 32.1. The number of methoxy groups -OCH3 is 1. The van der Waals surface area contributed by atoms with Gasteiger partial charge in [-0.2, -0.15) is 0 Å². The van der Waals surface area contributed by atoms with Crippen molar-refractivity contribution in [3.05, 3.63) is 87.3 Å². The number of para-hydroxylation sites is 1. The maximum atomic E-state index is 13.9. The van der Waals surface area contributed by atoms with Crippen molar-refractivity contribution in [2.75, 3.05) is 12.0 Å². The van der Waals surface area contributed by atoms with E-state index in [2.05, 4.69) is 25.8 Å². The summed E-state index contributed by atoms with van der Waals surface area (Å²) < 4.78 is 11.2. The van der Waals surface area contributed by atoms with Gasteiger partial charge >= 0.3 is 0 Å². The van der Waals surface area contributed by atoms with Crippen LogP contribution in [0, 0.1) is 6.92 Å². The summed E-state index contributed by atoms with van der Waals surface area (Å²) in [4.78, 5) is 45.8. The van der Waals surface area contributed by atoms with Gasteiger partial charge in [0.25, 0.3) is 5.91 Å². The first kappa shape index (κ1) is 26.4. The zero-order valence-electron chi connectivity index (χ0n) is 22.5. The van der Waals surface area contributed by atoms with Gasteiger partial charge in [-0.25, -0.2) is 4.98 Å². The predicted octanol–water partition coefficient (Wildman–Crippen LogP) is 6.49. The summed E-state index contributed by atoms with van der Waals surface area (Å²) in [7, 11) is 1.50. The Kier molecular flexibility index (Phi) is 6.42. The van der Waals surface area contributed by atoms with Gasteiger partial charge in [0.15, 0.2) is 33.8 Å². The normalized spacial score (nSPS) is 15.9. The number of anilines is 1. The van der Waals surface area contributed by atoms with E-state index in [-0.39, 0.29) is 27.7 Å². The fourth-order valence-corrected chi connectivity index (χ4v) is 5.76. The Morgan fingerprint density at radius 3 is 2.41 bits per heavy atom. The number of ether oxygens (including phenoxy) is 1. The van der Waals surface area contributed by atoms with Crippen LogP contribution in [0.3, 0.4) is 0 Å². The fraction of sp³-hybridized carbons (Fsp3) is 0.267. The Bertz CT molecular complexity index is 1670. The van der Waals surface area contributed by atoms with Crippen molar-refractivity contribution in [2.45, 2.75) is 46.1 Å². The molecule has 5 rings (SSSR count). The van der Waals surface area contributed by atoms with Crippen molar-refractivity contribution in [3.63, 3.8) is 0 Å². The molecule has 0 bridgehead atoms. The minimum absolute atomic E-state index is 0.0400. The molecule has 9 heteroatoms. The number of ketones is 2. The number of aryl methyl sites for hydroxylation is 1. The molecular formula is C30H28N2O6S. The average Bonchev–Trinajstić information content (AvgIpc) is 3.57. The minimum Gasteiger partial charge on any atom is -0.503 e. The largest absolute Gasteiger partial charge is 0.503 e. The number of carbonyl (C=O) groups excluding carboxylic acids is 3. The van der Waals surface area contributed by atoms with E-state index >= 15 is 0 Å². The molecule has 4 aromatic rings. The number of benzene rings is 2. The van der Waals surface area contributed by atoms with Crippen LogP contribution in [0.4, 0.5) is 5.13 Å². The number of fused-ring (bicyclic) bond motifs is 1. The van der Waals surface area contributed by atoms with Crippen molar-refractivity contribution in [3.8, 4) is 5.75 Å². The topological polar surface area (TPSA) is 110 Å². The molecule has 0 aliphatic carbocycles. The first-order valence-corrected chi connectivity index (χ1v) is 13.2. The Morgan fingerprint density at radius 1 is 1.13 bits per heavy atom. The minimum atomic E-state index is -0.987. The van der Waals surface area contributed by atoms with Crippen LogP contribution in [0.2, 0.25) is 0 Å². The summed E-state index contributed by atoms with van der Waals surface area (Å²) >= 11 is 1.05. The standard InChI is InChI=1S/C30H28N2O6S/c1-15-27(16(2)33)39-29(31-15)32-23(17-10-12-19(13-11-17)30(3,4)5)22(25(35)28(32)36)24(34)21-14-18-8-7-9-20(37-6)26(18)38-21/h7-14,23,35H,1-6H3. The second-order valence-electron chi connectivity index (χ2n) is 10.5. The van der Waals surface area contributed by atoms with Crippen LogP contribution < -0.4 is 9.64 Å². The number of hydrogen-bond acceptors (Lipinski definition) is 8. The monoisotopic (exact) mass is 544 g/mol. The van der Waals surface area contributed by atoms with Crippen LogP contribution in [-0.2, 0) is 10.2 Å². The lowest BCUT2D eigenvalue weighted by atomic mass is 9.85. The molecule has 0 saturated heterocycles. The number of rotatable bonds is 6. The summed E-state index contributed by atoms with van der Waals surface area (Å²) in [5.41, 5.74) is 2.29. The van der Waals surface area contributed by atoms with Crippen LogP contribution in [-0.4, -0.2) is 34.7 Å². The van der Waals surface area contributed by atoms with E-state index in [0.717, 1.165) is 16.9 Å². The fourth-order valence-electron chi connectivity index (χ4n) is 4.77. The van der Waals surface area contributed by atoms with Gasteiger partial charge in [-0.3, -0.25) is 19.3 Å². The second kappa shape index (κ2) is 9.50. The number of nitrogens with zero attached hydrogens (tertiary/aromatic N) is 2. The van der Waals surface area contributed by atoms with Gasteiger partial charge < -0.3 is 14.3 Å². The summed E-state index contributed by atoms with van der Waals surface area (Å²) in [6.45, 7) is 9.38. The molecule has 2 aromatic heterocycles. The first-order chi connectivity index (χ1) is 18.4. The number of furan rings is 1. The zero-order valence-corrected chi connectivity index (χ0v) is 23.3. The molecule has 0 fully saturated rings. The first-order valence-electron chi connectivity index (χ1n) is 12.4. The lowest BCUT2D eigenvalue weighted by Crippen LogP contribution is -2.31. The van der Waals surface area contributed by atoms with Crippen LogP contribution in [0.5, 0.6) is 5.75 Å². The van der Waals surface area contributed by atoms with Crippen LogP contribution in [0.1, 0.15) is 70.8 Å². The molecule has 39 heavy (non-hydrogen) atoms. The lowest BCUT2D eigenvalue weighted by molar-refractivity contribution is -0.117. The maximum Gasteiger partial charge on any atom is 0.296 e. The van der Waals surface area contributed by atoms with E-state index in [1.54, 1.807) is 31.2 Å². The highest BCUT2D eigenvalue weighted by Crippen LogP contribution is 2.44. The number of Topliss-reactive ketones (excluding diaryl/α,β-unsaturated/α-hetero) is 2. The van der Waals surface area contributed by atoms with Crippen LogP contribution >= 0.6 is 11.3 Å². The van der Waals surface area contributed by atoms with E-state index in [1.807, 2.05) is 24.3 Å². The summed E-state index contributed by atoms with van der Waals surface area (Å²) in [5, 5.41) is 12.0. The van der Waals surface area contributed by atoms with Crippen molar-refractivity contribution < 1.29 is 28.6 Å². The van der Waals surface area contributed by atoms with Gasteiger partial charge in [0.05, 0.1) is 29.3 Å². The van der Waals surface area contributed by atoms with Gasteiger partial charge in [-0.05, 0) is 35.6 Å². The molecule has 0 spiro atoms. The number of amides is 1. The van der Waals surface area contributed by atoms with E-state index in [0.29, 0.717) is 32.9 Å². The number of aliphatic hydroxyl groups is 1. The molecule has 0 radical (unpaired) electrons. The molecular weight excluding hydrogens is 516 g/mol. The molecule has 8 nitrogen and oxygen atoms in total. The Hall–Kier alpha value is -4.24. The maximum absolute atomic E-state index is 13.9. The number of thiazole rings is 1. The highest BCUT2D eigenvalue weighted by molar-refractivity contribution is 7.17. The molecule has 3 heterocycles. The summed E-state index contributed by atoms with van der Waals surface area (Å²) in [5.74, 6) is -1.86. The molecule has 1 unspecified atom stereocenters. The second-order valence-corrected chi connectivity index (χ2v) is 11.5. The SMILES string of the molecule is COc1cccc2cc(C(=O)C3=C(O)C(=O)N(c4nc(C)c(C(C)=O)s4)C3c3ccc(C(C)(C)C)cc3)oc12. The third-order valence-electron chi connectivity index (χ3n) is 6.81. The molecule has 2 aromatic carbocycles. The summed E-state index contributed by atoms with van der Waals surface area (Å²) in [6, 6.07) is 13.4. The number of hydrogen-bond donors (Lipinski definition) is 1. The van der Waals surface area contributed by atoms with Crippen molar-refractivity contribution in [2.24, 2.45) is 0 Å². The molecule has 1 atom stereocenters. The third kappa shape index (κ3) is 4.42. The van der Waals surface area contributed by atoms with Crippen molar-refractivity contribution >= 4 is 44.9 Å². The predicted molar refractivity (Wildman–Crippen MR) is 149 cm³/mol.